The van der Waals surface area contributed by atoms with Crippen LogP contribution in [0.15, 0.2) is 24.3 Å². The molecule has 0 unspecified atom stereocenters. The van der Waals surface area contributed by atoms with E-state index in [1.807, 2.05) is 12.1 Å². The molecule has 0 radical (unpaired) electrons. The highest BCUT2D eigenvalue weighted by molar-refractivity contribution is 5.95. The highest BCUT2D eigenvalue weighted by atomic mass is 16.1. The lowest BCUT2D eigenvalue weighted by molar-refractivity contribution is 0.0927. The zero-order valence-electron chi connectivity index (χ0n) is 12.8. The second-order valence-electron chi connectivity index (χ2n) is 6.41. The number of nitrogens with one attached hydrogen (secondary N) is 1. The molecule has 1 aliphatic heterocycles. The van der Waals surface area contributed by atoms with Crippen LogP contribution < -0.4 is 10.2 Å². The van der Waals surface area contributed by atoms with Gasteiger partial charge in [0.25, 0.3) is 5.91 Å². The van der Waals surface area contributed by atoms with Gasteiger partial charge in [-0.3, -0.25) is 4.79 Å². The van der Waals surface area contributed by atoms with Crippen LogP contribution >= 0.6 is 0 Å². The minimum Gasteiger partial charge on any atom is -0.372 e. The molecule has 1 saturated carbocycles. The molecule has 3 heteroatoms. The van der Waals surface area contributed by atoms with Gasteiger partial charge in [-0.2, -0.15) is 0 Å². The molecule has 1 aromatic carbocycles. The summed E-state index contributed by atoms with van der Waals surface area (Å²) in [6.07, 6.45) is 9.94. The van der Waals surface area contributed by atoms with Crippen LogP contribution in [0, 0.1) is 0 Å². The molecule has 0 spiro atoms. The largest absolute Gasteiger partial charge is 0.372 e. The van der Waals surface area contributed by atoms with Crippen molar-refractivity contribution in [3.63, 3.8) is 0 Å². The number of anilines is 1. The number of benzene rings is 1. The van der Waals surface area contributed by atoms with Crippen LogP contribution in [0.5, 0.6) is 0 Å². The van der Waals surface area contributed by atoms with Crippen molar-refractivity contribution in [2.45, 2.75) is 57.4 Å². The summed E-state index contributed by atoms with van der Waals surface area (Å²) < 4.78 is 0. The monoisotopic (exact) mass is 286 g/mol. The molecule has 0 atom stereocenters. The van der Waals surface area contributed by atoms with Crippen molar-refractivity contribution in [2.75, 3.05) is 18.0 Å². The number of amides is 1. The second-order valence-corrected chi connectivity index (χ2v) is 6.41. The van der Waals surface area contributed by atoms with E-state index in [4.69, 9.17) is 0 Å². The molecule has 1 aromatic rings. The smallest absolute Gasteiger partial charge is 0.251 e. The van der Waals surface area contributed by atoms with Gasteiger partial charge in [0.2, 0.25) is 0 Å². The summed E-state index contributed by atoms with van der Waals surface area (Å²) >= 11 is 0. The minimum atomic E-state index is 0.0979. The predicted octanol–water partition coefficient (Wildman–Crippen LogP) is 3.74. The zero-order valence-corrected chi connectivity index (χ0v) is 12.8. The highest BCUT2D eigenvalue weighted by Crippen LogP contribution is 2.22. The van der Waals surface area contributed by atoms with E-state index in [-0.39, 0.29) is 5.91 Å². The summed E-state index contributed by atoms with van der Waals surface area (Å²) in [7, 11) is 0. The quantitative estimate of drug-likeness (QED) is 0.918. The van der Waals surface area contributed by atoms with Crippen LogP contribution in [0.25, 0.3) is 0 Å². The molecular weight excluding hydrogens is 260 g/mol. The van der Waals surface area contributed by atoms with Gasteiger partial charge in [-0.05, 0) is 50.3 Å². The molecule has 114 valence electrons. The molecule has 1 N–H and O–H groups in total. The summed E-state index contributed by atoms with van der Waals surface area (Å²) in [6, 6.07) is 8.52. The maximum Gasteiger partial charge on any atom is 0.251 e. The van der Waals surface area contributed by atoms with Gasteiger partial charge in [-0.25, -0.2) is 0 Å². The van der Waals surface area contributed by atoms with E-state index < -0.39 is 0 Å². The fourth-order valence-corrected chi connectivity index (χ4v) is 3.51. The lowest BCUT2D eigenvalue weighted by Crippen LogP contribution is -2.36. The Balaban J connectivity index is 1.65. The van der Waals surface area contributed by atoms with Crippen molar-refractivity contribution in [1.29, 1.82) is 0 Å². The topological polar surface area (TPSA) is 32.3 Å². The Hall–Kier alpha value is -1.51. The molecule has 0 aromatic heterocycles. The molecule has 3 nitrogen and oxygen atoms in total. The molecule has 3 rings (SSSR count). The average molecular weight is 286 g/mol. The van der Waals surface area contributed by atoms with Gasteiger partial charge in [-0.1, -0.05) is 25.3 Å². The number of nitrogens with zero attached hydrogens (tertiary/aromatic N) is 1. The Kier molecular flexibility index (Phi) is 4.79. The van der Waals surface area contributed by atoms with E-state index in [1.165, 1.54) is 44.2 Å². The average Bonchev–Trinajstić information content (AvgIpc) is 2.57. The molecule has 2 aliphatic rings. The number of hydrogen-bond donors (Lipinski definition) is 1. The van der Waals surface area contributed by atoms with Gasteiger partial charge in [0.1, 0.15) is 0 Å². The third-order valence-corrected chi connectivity index (χ3v) is 4.77. The Bertz CT molecular complexity index is 474. The maximum absolute atomic E-state index is 12.4. The maximum atomic E-state index is 12.4. The molecule has 1 amide bonds. The first-order chi connectivity index (χ1) is 10.3. The SMILES string of the molecule is O=C(NC1CCCCC1)c1cccc(N2CCCCC2)c1. The number of rotatable bonds is 3. The van der Waals surface area contributed by atoms with Gasteiger partial charge in [0.05, 0.1) is 0 Å². The summed E-state index contributed by atoms with van der Waals surface area (Å²) in [5.74, 6) is 0.0979. The van der Waals surface area contributed by atoms with Crippen molar-refractivity contribution in [3.8, 4) is 0 Å². The van der Waals surface area contributed by atoms with Gasteiger partial charge < -0.3 is 10.2 Å². The van der Waals surface area contributed by atoms with Crippen molar-refractivity contribution in [1.82, 2.24) is 5.32 Å². The van der Waals surface area contributed by atoms with E-state index in [2.05, 4.69) is 22.3 Å². The molecule has 1 heterocycles. The van der Waals surface area contributed by atoms with Crippen molar-refractivity contribution >= 4 is 11.6 Å². The van der Waals surface area contributed by atoms with E-state index >= 15 is 0 Å². The summed E-state index contributed by atoms with van der Waals surface area (Å²) in [5.41, 5.74) is 2.01. The summed E-state index contributed by atoms with van der Waals surface area (Å²) in [4.78, 5) is 14.8. The zero-order chi connectivity index (χ0) is 14.5. The fourth-order valence-electron chi connectivity index (χ4n) is 3.51. The van der Waals surface area contributed by atoms with Crippen LogP contribution in [0.2, 0.25) is 0 Å². The van der Waals surface area contributed by atoms with Gasteiger partial charge in [0.15, 0.2) is 0 Å². The van der Waals surface area contributed by atoms with E-state index in [9.17, 15) is 4.79 Å². The lowest BCUT2D eigenvalue weighted by atomic mass is 9.95. The van der Waals surface area contributed by atoms with Crippen LogP contribution in [-0.4, -0.2) is 25.0 Å². The number of piperidine rings is 1. The Labute approximate surface area is 127 Å². The lowest BCUT2D eigenvalue weighted by Gasteiger charge is -2.29. The number of carbonyl (C=O) groups is 1. The van der Waals surface area contributed by atoms with Gasteiger partial charge in [-0.15, -0.1) is 0 Å². The fraction of sp³-hybridized carbons (Fsp3) is 0.611. The normalized spacial score (nSPS) is 20.3. The molecule has 21 heavy (non-hydrogen) atoms. The Morgan fingerprint density at radius 2 is 1.71 bits per heavy atom. The van der Waals surface area contributed by atoms with E-state index in [0.717, 1.165) is 31.5 Å². The van der Waals surface area contributed by atoms with Crippen LogP contribution in [0.4, 0.5) is 5.69 Å². The van der Waals surface area contributed by atoms with Crippen molar-refractivity contribution < 1.29 is 4.79 Å². The molecule has 0 bridgehead atoms. The summed E-state index contributed by atoms with van der Waals surface area (Å²) in [6.45, 7) is 2.24. The van der Waals surface area contributed by atoms with E-state index in [0.29, 0.717) is 6.04 Å². The first kappa shape index (κ1) is 14.4. The van der Waals surface area contributed by atoms with Gasteiger partial charge >= 0.3 is 0 Å². The third kappa shape index (κ3) is 3.78. The number of hydrogen-bond acceptors (Lipinski definition) is 2. The molecule has 1 aliphatic carbocycles. The van der Waals surface area contributed by atoms with Crippen LogP contribution in [0.1, 0.15) is 61.7 Å². The first-order valence-corrected chi connectivity index (χ1v) is 8.49. The molecule has 2 fully saturated rings. The van der Waals surface area contributed by atoms with Crippen molar-refractivity contribution in [2.24, 2.45) is 0 Å². The van der Waals surface area contributed by atoms with Crippen LogP contribution in [-0.2, 0) is 0 Å². The molecular formula is C18H26N2O. The van der Waals surface area contributed by atoms with Crippen LogP contribution in [0.3, 0.4) is 0 Å². The van der Waals surface area contributed by atoms with Gasteiger partial charge in [0, 0.05) is 30.4 Å². The number of carbonyl (C=O) groups excluding carboxylic acids is 1. The van der Waals surface area contributed by atoms with E-state index in [1.54, 1.807) is 0 Å². The van der Waals surface area contributed by atoms with Crippen molar-refractivity contribution in [3.05, 3.63) is 29.8 Å². The Morgan fingerprint density at radius 1 is 1.00 bits per heavy atom. The first-order valence-electron chi connectivity index (χ1n) is 8.49. The highest BCUT2D eigenvalue weighted by Gasteiger charge is 2.17. The third-order valence-electron chi connectivity index (χ3n) is 4.77. The molecule has 1 saturated heterocycles. The predicted molar refractivity (Wildman–Crippen MR) is 86.8 cm³/mol. The summed E-state index contributed by atoms with van der Waals surface area (Å²) in [5, 5.41) is 3.21. The minimum absolute atomic E-state index is 0.0979. The second kappa shape index (κ2) is 6.97. The standard InChI is InChI=1S/C18H26N2O/c21-18(19-16-9-3-1-4-10-16)15-8-7-11-17(14-15)20-12-5-2-6-13-20/h7-8,11,14,16H,1-6,9-10,12-13H2,(H,19,21). The Morgan fingerprint density at radius 3 is 2.48 bits per heavy atom.